The highest BCUT2D eigenvalue weighted by atomic mass is 31.2. The van der Waals surface area contributed by atoms with E-state index in [0.29, 0.717) is 23.9 Å². The number of quaternary nitrogens is 1. The van der Waals surface area contributed by atoms with Gasteiger partial charge in [-0.1, -0.05) is 200 Å². The van der Waals surface area contributed by atoms with Gasteiger partial charge in [-0.15, -0.1) is 0 Å². The Hall–Kier alpha value is -3.33. The lowest BCUT2D eigenvalue weighted by molar-refractivity contribution is -0.870. The molecule has 9 nitrogen and oxygen atoms in total. The molecule has 0 saturated carbocycles. The van der Waals surface area contributed by atoms with E-state index in [0.717, 1.165) is 70.6 Å². The van der Waals surface area contributed by atoms with Crippen LogP contribution in [0, 0.1) is 0 Å². The lowest BCUT2D eigenvalue weighted by Crippen LogP contribution is -2.37. The minimum atomic E-state index is -4.66. The summed E-state index contributed by atoms with van der Waals surface area (Å²) in [6.07, 6.45) is 64.5. The van der Waals surface area contributed by atoms with Crippen LogP contribution in [-0.4, -0.2) is 70.0 Å². The molecule has 0 radical (unpaired) electrons. The van der Waals surface area contributed by atoms with E-state index in [1.54, 1.807) is 6.08 Å². The maximum Gasteiger partial charge on any atom is 0.310 e. The number of unbranched alkanes of at least 4 members (excludes halogenated alkanes) is 14. The van der Waals surface area contributed by atoms with Crippen LogP contribution in [0.4, 0.5) is 0 Å². The number of esters is 2. The molecular formula is C56H94NO8P. The highest BCUT2D eigenvalue weighted by Gasteiger charge is 2.21. The van der Waals surface area contributed by atoms with Crippen LogP contribution in [0.3, 0.4) is 0 Å². The number of phosphoric acid groups is 1. The van der Waals surface area contributed by atoms with Gasteiger partial charge in [-0.05, 0) is 77.0 Å². The van der Waals surface area contributed by atoms with Gasteiger partial charge in [0.15, 0.2) is 6.10 Å². The molecule has 0 aromatic rings. The molecule has 376 valence electrons. The number of carbonyl (C=O) groups excluding carboxylic acids is 2. The van der Waals surface area contributed by atoms with Crippen molar-refractivity contribution in [3.63, 3.8) is 0 Å². The summed E-state index contributed by atoms with van der Waals surface area (Å²) >= 11 is 0. The number of ether oxygens (including phenoxy) is 2. The number of carbonyl (C=O) groups is 2. The summed E-state index contributed by atoms with van der Waals surface area (Å²) in [5.74, 6) is -0.989. The fraction of sp³-hybridized carbons (Fsp3) is 0.643. The third-order valence-corrected chi connectivity index (χ3v) is 11.3. The van der Waals surface area contributed by atoms with E-state index >= 15 is 0 Å². The molecule has 0 saturated heterocycles. The molecule has 0 spiro atoms. The van der Waals surface area contributed by atoms with Crippen LogP contribution >= 0.6 is 7.82 Å². The smallest absolute Gasteiger partial charge is 0.310 e. The maximum atomic E-state index is 12.7. The van der Waals surface area contributed by atoms with Crippen LogP contribution in [-0.2, 0) is 32.7 Å². The van der Waals surface area contributed by atoms with Crippen molar-refractivity contribution in [3.05, 3.63) is 109 Å². The molecule has 10 heteroatoms. The molecular weight excluding hydrogens is 846 g/mol. The van der Waals surface area contributed by atoms with Crippen LogP contribution in [0.15, 0.2) is 109 Å². The van der Waals surface area contributed by atoms with Crippen LogP contribution in [0.5, 0.6) is 0 Å². The Bertz CT molecular complexity index is 1480. The van der Waals surface area contributed by atoms with Gasteiger partial charge in [0.2, 0.25) is 0 Å². The van der Waals surface area contributed by atoms with Crippen molar-refractivity contribution >= 4 is 19.8 Å². The minimum absolute atomic E-state index is 0.0123. The average Bonchev–Trinajstić information content (AvgIpc) is 3.27. The summed E-state index contributed by atoms with van der Waals surface area (Å²) in [7, 11) is 1.10. The predicted octanol–water partition coefficient (Wildman–Crippen LogP) is 14.8. The fourth-order valence-electron chi connectivity index (χ4n) is 6.43. The number of likely N-dealkylation sites (N-methyl/N-ethyl adjacent to an activating group) is 1. The van der Waals surface area contributed by atoms with Gasteiger partial charge < -0.3 is 27.9 Å². The Balaban J connectivity index is 4.25. The second-order valence-corrected chi connectivity index (χ2v) is 19.2. The van der Waals surface area contributed by atoms with Crippen molar-refractivity contribution < 1.29 is 42.1 Å². The van der Waals surface area contributed by atoms with Gasteiger partial charge >= 0.3 is 11.9 Å². The number of rotatable bonds is 45. The Morgan fingerprint density at radius 3 is 1.29 bits per heavy atom. The first-order valence-electron chi connectivity index (χ1n) is 25.6. The third kappa shape index (κ3) is 50.1. The van der Waals surface area contributed by atoms with Crippen molar-refractivity contribution in [2.45, 2.75) is 187 Å². The van der Waals surface area contributed by atoms with E-state index in [1.807, 2.05) is 33.3 Å². The lowest BCUT2D eigenvalue weighted by Gasteiger charge is -2.28. The van der Waals surface area contributed by atoms with Crippen molar-refractivity contribution in [1.29, 1.82) is 0 Å². The van der Waals surface area contributed by atoms with E-state index in [2.05, 4.69) is 105 Å². The summed E-state index contributed by atoms with van der Waals surface area (Å²) < 4.78 is 33.9. The van der Waals surface area contributed by atoms with Gasteiger partial charge in [0, 0.05) is 6.42 Å². The molecule has 0 rings (SSSR count). The predicted molar refractivity (Wildman–Crippen MR) is 277 cm³/mol. The summed E-state index contributed by atoms with van der Waals surface area (Å²) in [5.41, 5.74) is 0. The molecule has 0 heterocycles. The van der Waals surface area contributed by atoms with Gasteiger partial charge in [0.25, 0.3) is 7.82 Å². The van der Waals surface area contributed by atoms with E-state index < -0.39 is 32.5 Å². The molecule has 66 heavy (non-hydrogen) atoms. The first kappa shape index (κ1) is 62.7. The van der Waals surface area contributed by atoms with Gasteiger partial charge in [-0.3, -0.25) is 14.2 Å². The standard InChI is InChI=1S/C56H94NO8P/c1-6-8-10-12-14-16-18-20-22-23-24-25-26-27-28-29-30-31-32-33-35-36-38-40-42-44-46-48-55(58)62-52-54(53-64-66(60,61)63-51-50-57(3,4)5)65-56(59)49-47-45-43-41-39-37-34-21-19-17-15-13-11-9-7-2/h8-11,14-17,20-22,24-25,34,39,41,45,47,54H,6-7,12-13,18-19,23,26-33,35-38,40,42-44,46,48-53H2,1-5H3/b10-8-,11-9-,16-14-,17-15-,22-20-,25-24-,34-21-,41-39-,47-45-. The zero-order valence-corrected chi connectivity index (χ0v) is 43.2. The summed E-state index contributed by atoms with van der Waals surface area (Å²) in [5, 5.41) is 0. The minimum Gasteiger partial charge on any atom is -0.756 e. The molecule has 0 fully saturated rings. The Morgan fingerprint density at radius 2 is 0.864 bits per heavy atom. The van der Waals surface area contributed by atoms with Crippen LogP contribution < -0.4 is 4.89 Å². The average molecular weight is 940 g/mol. The van der Waals surface area contributed by atoms with E-state index in [4.69, 9.17) is 18.5 Å². The second-order valence-electron chi connectivity index (χ2n) is 17.8. The second kappa shape index (κ2) is 46.8. The van der Waals surface area contributed by atoms with Gasteiger partial charge in [-0.25, -0.2) is 0 Å². The van der Waals surface area contributed by atoms with Gasteiger partial charge in [0.05, 0.1) is 34.2 Å². The van der Waals surface area contributed by atoms with Crippen LogP contribution in [0.25, 0.3) is 0 Å². The zero-order valence-electron chi connectivity index (χ0n) is 42.3. The number of nitrogens with zero attached hydrogens (tertiary/aromatic N) is 1. The molecule has 0 aliphatic rings. The number of phosphoric ester groups is 1. The lowest BCUT2D eigenvalue weighted by atomic mass is 10.0. The largest absolute Gasteiger partial charge is 0.756 e. The number of hydrogen-bond acceptors (Lipinski definition) is 8. The molecule has 0 aliphatic carbocycles. The van der Waals surface area contributed by atoms with Gasteiger partial charge in [-0.2, -0.15) is 0 Å². The number of allylic oxidation sites excluding steroid dienone is 17. The first-order chi connectivity index (χ1) is 32.0. The van der Waals surface area contributed by atoms with Crippen molar-refractivity contribution in [3.8, 4) is 0 Å². The molecule has 2 atom stereocenters. The maximum absolute atomic E-state index is 12.7. The molecule has 0 amide bonds. The van der Waals surface area contributed by atoms with Crippen LogP contribution in [0.1, 0.15) is 181 Å². The van der Waals surface area contributed by atoms with E-state index in [-0.39, 0.29) is 26.1 Å². The molecule has 0 bridgehead atoms. The Labute approximate surface area is 404 Å². The summed E-state index contributed by atoms with van der Waals surface area (Å²) in [4.78, 5) is 37.6. The molecule has 0 aliphatic heterocycles. The normalized spacial score (nSPS) is 14.3. The SMILES string of the molecule is CC/C=C\C/C=C\C/C=C\C/C=C\C/C=C\CC(=O)OC(COC(=O)CCCCCCCCCCCCCCCC/C=C\C/C=C\C/C=C\C/C=C\CC)COP(=O)([O-])OCC[N+](C)(C)C. The third-order valence-electron chi connectivity index (χ3n) is 10.3. The van der Waals surface area contributed by atoms with Crippen LogP contribution in [0.2, 0.25) is 0 Å². The van der Waals surface area contributed by atoms with E-state index in [1.165, 1.54) is 70.6 Å². The zero-order chi connectivity index (χ0) is 48.5. The molecule has 0 aromatic carbocycles. The number of hydrogen-bond donors (Lipinski definition) is 0. The monoisotopic (exact) mass is 940 g/mol. The van der Waals surface area contributed by atoms with Gasteiger partial charge in [0.1, 0.15) is 19.8 Å². The summed E-state index contributed by atoms with van der Waals surface area (Å²) in [6.45, 7) is 3.88. The topological polar surface area (TPSA) is 111 Å². The van der Waals surface area contributed by atoms with E-state index in [9.17, 15) is 19.0 Å². The first-order valence-corrected chi connectivity index (χ1v) is 27.1. The summed E-state index contributed by atoms with van der Waals surface area (Å²) in [6, 6.07) is 0. The Kier molecular flexibility index (Phi) is 44.4. The fourth-order valence-corrected chi connectivity index (χ4v) is 7.16. The molecule has 0 N–H and O–H groups in total. The van der Waals surface area contributed by atoms with Crippen molar-refractivity contribution in [2.75, 3.05) is 47.5 Å². The van der Waals surface area contributed by atoms with Crippen molar-refractivity contribution in [2.24, 2.45) is 0 Å². The molecule has 0 aromatic heterocycles. The Morgan fingerprint density at radius 1 is 0.485 bits per heavy atom. The molecule has 2 unspecified atom stereocenters. The quantitative estimate of drug-likeness (QED) is 0.0195. The highest BCUT2D eigenvalue weighted by molar-refractivity contribution is 7.45. The van der Waals surface area contributed by atoms with Crippen molar-refractivity contribution in [1.82, 2.24) is 0 Å². The highest BCUT2D eigenvalue weighted by Crippen LogP contribution is 2.38.